The predicted molar refractivity (Wildman–Crippen MR) is 62.4 cm³/mol. The summed E-state index contributed by atoms with van der Waals surface area (Å²) < 4.78 is 39.2. The summed E-state index contributed by atoms with van der Waals surface area (Å²) in [6.07, 6.45) is 1.04. The van der Waals surface area contributed by atoms with Crippen molar-refractivity contribution < 1.29 is 23.0 Å². The van der Waals surface area contributed by atoms with E-state index in [-0.39, 0.29) is 13.2 Å². The summed E-state index contributed by atoms with van der Waals surface area (Å²) in [6.45, 7) is 0.103. The van der Waals surface area contributed by atoms with E-state index in [1.807, 2.05) is 12.1 Å². The molecule has 0 atom stereocenters. The molecule has 1 aromatic rings. The van der Waals surface area contributed by atoms with E-state index < -0.39 is 6.11 Å². The summed E-state index contributed by atoms with van der Waals surface area (Å²) in [7, 11) is 1.58. The summed E-state index contributed by atoms with van der Waals surface area (Å²) in [4.78, 5) is 0. The molecule has 0 N–H and O–H groups in total. The maximum absolute atomic E-state index is 12.5. The molecule has 0 aliphatic rings. The Hall–Kier alpha value is -1.64. The molecule has 0 amide bonds. The van der Waals surface area contributed by atoms with E-state index in [1.54, 1.807) is 19.2 Å². The van der Waals surface area contributed by atoms with Gasteiger partial charge in [-0.15, -0.1) is 6.42 Å². The lowest BCUT2D eigenvalue weighted by Crippen LogP contribution is -2.20. The van der Waals surface area contributed by atoms with E-state index in [1.165, 1.54) is 5.92 Å². The number of hydrogen-bond donors (Lipinski definition) is 0. The van der Waals surface area contributed by atoms with Crippen molar-refractivity contribution in [2.24, 2.45) is 0 Å². The van der Waals surface area contributed by atoms with Crippen LogP contribution in [0.2, 0.25) is 0 Å². The summed E-state index contributed by atoms with van der Waals surface area (Å²) in [5.74, 6) is 1.98. The first-order chi connectivity index (χ1) is 8.57. The normalized spacial score (nSPS) is 11.0. The van der Waals surface area contributed by atoms with Crippen LogP contribution in [0.15, 0.2) is 24.3 Å². The second kappa shape index (κ2) is 6.94. The van der Waals surface area contributed by atoms with Gasteiger partial charge in [0.15, 0.2) is 0 Å². The molecular formula is C13H14F2O3. The maximum atomic E-state index is 12.5. The molecule has 18 heavy (non-hydrogen) atoms. The topological polar surface area (TPSA) is 27.7 Å². The molecule has 0 aliphatic carbocycles. The van der Waals surface area contributed by atoms with Crippen LogP contribution < -0.4 is 4.74 Å². The second-order valence-electron chi connectivity index (χ2n) is 3.41. The molecule has 3 nitrogen and oxygen atoms in total. The highest BCUT2D eigenvalue weighted by molar-refractivity contribution is 5.26. The number of ether oxygens (including phenoxy) is 3. The fourth-order valence-corrected chi connectivity index (χ4v) is 1.18. The quantitative estimate of drug-likeness (QED) is 0.554. The number of hydrogen-bond acceptors (Lipinski definition) is 3. The molecule has 0 unspecified atom stereocenters. The van der Waals surface area contributed by atoms with Crippen LogP contribution in [-0.4, -0.2) is 26.4 Å². The van der Waals surface area contributed by atoms with Crippen LogP contribution >= 0.6 is 0 Å². The van der Waals surface area contributed by atoms with E-state index in [2.05, 4.69) is 11.2 Å². The minimum Gasteiger partial charge on any atom is -0.497 e. The average molecular weight is 256 g/mol. The molecule has 0 saturated heterocycles. The molecule has 0 radical (unpaired) electrons. The van der Waals surface area contributed by atoms with Gasteiger partial charge < -0.3 is 14.2 Å². The lowest BCUT2D eigenvalue weighted by atomic mass is 10.2. The number of benzene rings is 1. The van der Waals surface area contributed by atoms with E-state index in [4.69, 9.17) is 9.47 Å². The fraction of sp³-hybridized carbons (Fsp3) is 0.385. The molecule has 0 heterocycles. The molecule has 0 aromatic heterocycles. The van der Waals surface area contributed by atoms with E-state index in [9.17, 15) is 8.78 Å². The average Bonchev–Trinajstić information content (AvgIpc) is 2.39. The first kappa shape index (κ1) is 14.4. The van der Waals surface area contributed by atoms with Crippen LogP contribution in [0.4, 0.5) is 8.78 Å². The van der Waals surface area contributed by atoms with Gasteiger partial charge in [0.1, 0.15) is 5.75 Å². The van der Waals surface area contributed by atoms with Crippen molar-refractivity contribution in [1.82, 2.24) is 0 Å². The van der Waals surface area contributed by atoms with Crippen LogP contribution in [-0.2, 0) is 16.1 Å². The van der Waals surface area contributed by atoms with Crippen LogP contribution in [0.3, 0.4) is 0 Å². The number of methoxy groups -OCH3 is 1. The number of terminal acetylenes is 1. The van der Waals surface area contributed by atoms with Crippen molar-refractivity contribution in [3.05, 3.63) is 29.8 Å². The highest BCUT2D eigenvalue weighted by Gasteiger charge is 2.25. The molecule has 0 saturated carbocycles. The number of halogens is 2. The Morgan fingerprint density at radius 2 is 1.89 bits per heavy atom. The van der Waals surface area contributed by atoms with Gasteiger partial charge in [-0.3, -0.25) is 0 Å². The highest BCUT2D eigenvalue weighted by atomic mass is 19.3. The van der Waals surface area contributed by atoms with Gasteiger partial charge in [-0.25, -0.2) is 0 Å². The third-order valence-electron chi connectivity index (χ3n) is 2.11. The Morgan fingerprint density at radius 1 is 1.22 bits per heavy atom. The van der Waals surface area contributed by atoms with E-state index >= 15 is 0 Å². The van der Waals surface area contributed by atoms with Gasteiger partial charge in [-0.1, -0.05) is 12.1 Å². The zero-order valence-corrected chi connectivity index (χ0v) is 9.99. The van der Waals surface area contributed by atoms with Crippen LogP contribution in [0, 0.1) is 12.3 Å². The molecule has 0 bridgehead atoms. The molecule has 0 fully saturated rings. The molecule has 1 aromatic carbocycles. The zero-order valence-electron chi connectivity index (χ0n) is 9.99. The molecule has 0 aliphatic heterocycles. The Labute approximate surface area is 105 Å². The minimum atomic E-state index is -3.52. The van der Waals surface area contributed by atoms with Crippen molar-refractivity contribution in [1.29, 1.82) is 0 Å². The largest absolute Gasteiger partial charge is 0.497 e. The van der Waals surface area contributed by atoms with Crippen LogP contribution in [0.1, 0.15) is 5.56 Å². The van der Waals surface area contributed by atoms with Crippen LogP contribution in [0.5, 0.6) is 5.75 Å². The summed E-state index contributed by atoms with van der Waals surface area (Å²) in [5.41, 5.74) is 0.916. The number of rotatable bonds is 7. The maximum Gasteiger partial charge on any atom is 0.423 e. The first-order valence-electron chi connectivity index (χ1n) is 5.27. The Balaban J connectivity index is 2.20. The first-order valence-corrected chi connectivity index (χ1v) is 5.27. The van der Waals surface area contributed by atoms with Gasteiger partial charge in [-0.2, -0.15) is 8.78 Å². The lowest BCUT2D eigenvalue weighted by Gasteiger charge is -2.10. The smallest absolute Gasteiger partial charge is 0.423 e. The minimum absolute atomic E-state index is 0.0449. The van der Waals surface area contributed by atoms with Gasteiger partial charge in [0.05, 0.1) is 26.9 Å². The van der Waals surface area contributed by atoms with Crippen molar-refractivity contribution in [2.75, 3.05) is 20.3 Å². The van der Waals surface area contributed by atoms with E-state index in [0.717, 1.165) is 11.3 Å². The molecular weight excluding hydrogens is 242 g/mol. The van der Waals surface area contributed by atoms with Crippen molar-refractivity contribution in [3.63, 3.8) is 0 Å². The third kappa shape index (κ3) is 5.13. The molecule has 0 spiro atoms. The van der Waals surface area contributed by atoms with Gasteiger partial charge in [-0.05, 0) is 17.7 Å². The summed E-state index contributed by atoms with van der Waals surface area (Å²) in [6, 6.07) is 7.24. The second-order valence-corrected chi connectivity index (χ2v) is 3.41. The van der Waals surface area contributed by atoms with Crippen molar-refractivity contribution in [3.8, 4) is 18.1 Å². The Morgan fingerprint density at radius 3 is 2.44 bits per heavy atom. The van der Waals surface area contributed by atoms with Gasteiger partial charge in [0.2, 0.25) is 0 Å². The van der Waals surface area contributed by atoms with Crippen molar-refractivity contribution >= 4 is 0 Å². The molecule has 1 rings (SSSR count). The van der Waals surface area contributed by atoms with Gasteiger partial charge in [0.25, 0.3) is 0 Å². The Kier molecular flexibility index (Phi) is 5.56. The fourth-order valence-electron chi connectivity index (χ4n) is 1.18. The zero-order chi connectivity index (χ0) is 13.4. The molecule has 5 heteroatoms. The predicted octanol–water partition coefficient (Wildman–Crippen LogP) is 2.45. The van der Waals surface area contributed by atoms with E-state index in [0.29, 0.717) is 6.61 Å². The highest BCUT2D eigenvalue weighted by Crippen LogP contribution is 2.13. The summed E-state index contributed by atoms with van der Waals surface area (Å²) in [5, 5.41) is 0. The van der Waals surface area contributed by atoms with Gasteiger partial charge >= 0.3 is 6.11 Å². The standard InChI is InChI=1S/C13H14F2O3/c1-3-13(14,15)18-9-8-17-10-11-4-6-12(16-2)7-5-11/h1,4-7H,8-10H2,2H3. The number of alkyl halides is 2. The monoisotopic (exact) mass is 256 g/mol. The summed E-state index contributed by atoms with van der Waals surface area (Å²) >= 11 is 0. The SMILES string of the molecule is C#CC(F)(F)OCCOCc1ccc(OC)cc1. The third-order valence-corrected chi connectivity index (χ3v) is 2.11. The lowest BCUT2D eigenvalue weighted by molar-refractivity contribution is -0.199. The molecule has 98 valence electrons. The van der Waals surface area contributed by atoms with Gasteiger partial charge in [0, 0.05) is 5.92 Å². The Bertz CT molecular complexity index is 396. The van der Waals surface area contributed by atoms with Crippen LogP contribution in [0.25, 0.3) is 0 Å². The van der Waals surface area contributed by atoms with Crippen molar-refractivity contribution in [2.45, 2.75) is 12.7 Å².